The van der Waals surface area contributed by atoms with Crippen LogP contribution in [0.1, 0.15) is 59.2 Å². The van der Waals surface area contributed by atoms with Crippen LogP contribution in [0.25, 0.3) is 0 Å². The summed E-state index contributed by atoms with van der Waals surface area (Å²) >= 11 is 0. The van der Waals surface area contributed by atoms with E-state index in [-0.39, 0.29) is 24.5 Å². The highest BCUT2D eigenvalue weighted by molar-refractivity contribution is 5.98. The Balaban J connectivity index is 1.36. The zero-order chi connectivity index (χ0) is 20.3. The van der Waals surface area contributed by atoms with Crippen molar-refractivity contribution in [2.45, 2.75) is 51.4 Å². The van der Waals surface area contributed by atoms with Gasteiger partial charge >= 0.3 is 0 Å². The molecule has 3 rings (SSSR count). The Morgan fingerprint density at radius 1 is 0.897 bits per heavy atom. The van der Waals surface area contributed by atoms with Gasteiger partial charge in [-0.05, 0) is 74.4 Å². The van der Waals surface area contributed by atoms with Crippen LogP contribution in [0.15, 0.2) is 48.5 Å². The largest absolute Gasteiger partial charge is 0.356 e. The first-order chi connectivity index (χ1) is 14.2. The third kappa shape index (κ3) is 7.13. The molecule has 154 valence electrons. The first-order valence-corrected chi connectivity index (χ1v) is 10.9. The predicted molar refractivity (Wildman–Crippen MR) is 117 cm³/mol. The van der Waals surface area contributed by atoms with Gasteiger partial charge in [-0.15, -0.1) is 0 Å². The predicted octanol–water partition coefficient (Wildman–Crippen LogP) is 3.87. The molecule has 29 heavy (non-hydrogen) atoms. The van der Waals surface area contributed by atoms with Gasteiger partial charge in [0.05, 0.1) is 0 Å². The molecule has 2 aromatic rings. The van der Waals surface area contributed by atoms with Crippen LogP contribution in [0.5, 0.6) is 0 Å². The van der Waals surface area contributed by atoms with Gasteiger partial charge in [0.2, 0.25) is 5.91 Å². The molecule has 0 atom stereocenters. The zero-order valence-electron chi connectivity index (χ0n) is 17.2. The van der Waals surface area contributed by atoms with Gasteiger partial charge in [-0.1, -0.05) is 42.5 Å². The van der Waals surface area contributed by atoms with Crippen molar-refractivity contribution in [2.75, 3.05) is 19.6 Å². The van der Waals surface area contributed by atoms with Crippen molar-refractivity contribution < 1.29 is 9.59 Å². The molecule has 0 aromatic heterocycles. The molecule has 2 aromatic carbocycles. The van der Waals surface area contributed by atoms with E-state index in [0.29, 0.717) is 6.54 Å². The standard InChI is InChI=1S/C25H32N2O2/c28-24(23-12-11-21-10-6-16-26-18-15-22(21)19-23)13-14-25(29)27-17-5-4-9-20-7-2-1-3-8-20/h1-3,7-8,11-12,19,26H,4-6,9-10,13-18H2,(H,27,29). The van der Waals surface area contributed by atoms with Crippen LogP contribution in [-0.2, 0) is 24.1 Å². The molecule has 1 aliphatic rings. The molecule has 0 saturated heterocycles. The van der Waals surface area contributed by atoms with Crippen molar-refractivity contribution in [1.82, 2.24) is 10.6 Å². The van der Waals surface area contributed by atoms with Crippen LogP contribution in [0.3, 0.4) is 0 Å². The van der Waals surface area contributed by atoms with Gasteiger partial charge in [-0.25, -0.2) is 0 Å². The minimum atomic E-state index is -0.0338. The molecule has 0 radical (unpaired) electrons. The number of amides is 1. The van der Waals surface area contributed by atoms with Crippen molar-refractivity contribution in [3.05, 3.63) is 70.8 Å². The Labute approximate surface area is 174 Å². The number of rotatable bonds is 9. The molecule has 0 unspecified atom stereocenters. The molecule has 1 aliphatic heterocycles. The van der Waals surface area contributed by atoms with Crippen molar-refractivity contribution in [1.29, 1.82) is 0 Å². The van der Waals surface area contributed by atoms with E-state index >= 15 is 0 Å². The molecule has 0 fully saturated rings. The Hall–Kier alpha value is -2.46. The first-order valence-electron chi connectivity index (χ1n) is 10.9. The summed E-state index contributed by atoms with van der Waals surface area (Å²) in [4.78, 5) is 24.6. The van der Waals surface area contributed by atoms with Crippen LogP contribution in [-0.4, -0.2) is 31.3 Å². The average molecular weight is 393 g/mol. The fourth-order valence-electron chi connectivity index (χ4n) is 3.81. The molecule has 4 heteroatoms. The normalized spacial score (nSPS) is 13.8. The molecule has 4 nitrogen and oxygen atoms in total. The number of hydrogen-bond donors (Lipinski definition) is 2. The van der Waals surface area contributed by atoms with E-state index in [1.165, 1.54) is 16.7 Å². The highest BCUT2D eigenvalue weighted by Gasteiger charge is 2.13. The van der Waals surface area contributed by atoms with Crippen molar-refractivity contribution in [3.63, 3.8) is 0 Å². The van der Waals surface area contributed by atoms with E-state index in [1.807, 2.05) is 18.2 Å². The fraction of sp³-hybridized carbons (Fsp3) is 0.440. The minimum absolute atomic E-state index is 0.0338. The summed E-state index contributed by atoms with van der Waals surface area (Å²) in [7, 11) is 0. The van der Waals surface area contributed by atoms with Gasteiger partial charge < -0.3 is 10.6 Å². The molecule has 1 amide bonds. The Morgan fingerprint density at radius 3 is 2.62 bits per heavy atom. The second-order valence-corrected chi connectivity index (χ2v) is 7.80. The monoisotopic (exact) mass is 392 g/mol. The van der Waals surface area contributed by atoms with Crippen LogP contribution in [0.4, 0.5) is 0 Å². The number of ketones is 1. The molecular weight excluding hydrogens is 360 g/mol. The summed E-state index contributed by atoms with van der Waals surface area (Å²) in [6.07, 6.45) is 6.71. The summed E-state index contributed by atoms with van der Waals surface area (Å²) in [6.45, 7) is 2.69. The van der Waals surface area contributed by atoms with Gasteiger partial charge in [0.15, 0.2) is 5.78 Å². The summed E-state index contributed by atoms with van der Waals surface area (Å²) in [5.74, 6) is 0.0237. The van der Waals surface area contributed by atoms with Crippen LogP contribution < -0.4 is 10.6 Å². The lowest BCUT2D eigenvalue weighted by molar-refractivity contribution is -0.121. The Kier molecular flexibility index (Phi) is 8.44. The van der Waals surface area contributed by atoms with Crippen molar-refractivity contribution in [3.8, 4) is 0 Å². The van der Waals surface area contributed by atoms with Crippen LogP contribution in [0, 0.1) is 0 Å². The van der Waals surface area contributed by atoms with E-state index in [4.69, 9.17) is 0 Å². The lowest BCUT2D eigenvalue weighted by Gasteiger charge is -2.15. The van der Waals surface area contributed by atoms with Gasteiger partial charge in [-0.2, -0.15) is 0 Å². The number of unbranched alkanes of at least 4 members (excludes halogenated alkanes) is 1. The fourth-order valence-corrected chi connectivity index (χ4v) is 3.81. The third-order valence-corrected chi connectivity index (χ3v) is 5.54. The number of Topliss-reactive ketones (excluding diaryl/α,β-unsaturated/α-hetero) is 1. The lowest BCUT2D eigenvalue weighted by Crippen LogP contribution is -2.25. The summed E-state index contributed by atoms with van der Waals surface area (Å²) in [5, 5.41) is 6.36. The molecule has 0 saturated carbocycles. The smallest absolute Gasteiger partial charge is 0.220 e. The molecule has 2 N–H and O–H groups in total. The van der Waals surface area contributed by atoms with Gasteiger partial charge in [0.25, 0.3) is 0 Å². The molecule has 0 bridgehead atoms. The van der Waals surface area contributed by atoms with E-state index in [2.05, 4.69) is 41.0 Å². The number of benzene rings is 2. The molecular formula is C25H32N2O2. The number of carbonyl (C=O) groups excluding carboxylic acids is 2. The maximum atomic E-state index is 12.5. The van der Waals surface area contributed by atoms with E-state index in [0.717, 1.165) is 57.2 Å². The van der Waals surface area contributed by atoms with E-state index in [1.54, 1.807) is 0 Å². The zero-order valence-corrected chi connectivity index (χ0v) is 17.2. The Morgan fingerprint density at radius 2 is 1.76 bits per heavy atom. The minimum Gasteiger partial charge on any atom is -0.356 e. The number of fused-ring (bicyclic) bond motifs is 1. The number of carbonyl (C=O) groups is 2. The molecule has 0 aliphatic carbocycles. The van der Waals surface area contributed by atoms with Crippen LogP contribution in [0.2, 0.25) is 0 Å². The van der Waals surface area contributed by atoms with E-state index in [9.17, 15) is 9.59 Å². The van der Waals surface area contributed by atoms with Crippen molar-refractivity contribution in [2.24, 2.45) is 0 Å². The second-order valence-electron chi connectivity index (χ2n) is 7.80. The third-order valence-electron chi connectivity index (χ3n) is 5.54. The SMILES string of the molecule is O=C(CCC(=O)c1ccc2c(c1)CCNCCC2)NCCCCc1ccccc1. The summed E-state index contributed by atoms with van der Waals surface area (Å²) in [5.41, 5.74) is 4.69. The van der Waals surface area contributed by atoms with Gasteiger partial charge in [0.1, 0.15) is 0 Å². The second kappa shape index (κ2) is 11.5. The lowest BCUT2D eigenvalue weighted by atomic mass is 9.94. The molecule has 1 heterocycles. The van der Waals surface area contributed by atoms with Crippen LogP contribution >= 0.6 is 0 Å². The number of aryl methyl sites for hydroxylation is 2. The van der Waals surface area contributed by atoms with Gasteiger partial charge in [-0.3, -0.25) is 9.59 Å². The average Bonchev–Trinajstić information content (AvgIpc) is 2.73. The number of nitrogens with one attached hydrogen (secondary N) is 2. The highest BCUT2D eigenvalue weighted by atomic mass is 16.2. The highest BCUT2D eigenvalue weighted by Crippen LogP contribution is 2.17. The Bertz CT molecular complexity index is 802. The van der Waals surface area contributed by atoms with Crippen molar-refractivity contribution >= 4 is 11.7 Å². The summed E-state index contributed by atoms with van der Waals surface area (Å²) in [6, 6.07) is 16.4. The molecule has 0 spiro atoms. The van der Waals surface area contributed by atoms with Gasteiger partial charge in [0, 0.05) is 24.9 Å². The first kappa shape index (κ1) is 21.3. The maximum absolute atomic E-state index is 12.5. The maximum Gasteiger partial charge on any atom is 0.220 e. The topological polar surface area (TPSA) is 58.2 Å². The summed E-state index contributed by atoms with van der Waals surface area (Å²) < 4.78 is 0. The van der Waals surface area contributed by atoms with E-state index < -0.39 is 0 Å². The number of hydrogen-bond acceptors (Lipinski definition) is 3. The quantitative estimate of drug-likeness (QED) is 0.503.